The average Bonchev–Trinajstić information content (AvgIpc) is 3.40. The van der Waals surface area contributed by atoms with Crippen LogP contribution in [0, 0.1) is 5.92 Å². The van der Waals surface area contributed by atoms with Gasteiger partial charge in [0.2, 0.25) is 5.91 Å². The van der Waals surface area contributed by atoms with Gasteiger partial charge in [-0.15, -0.1) is 0 Å². The molecule has 1 saturated carbocycles. The third-order valence-electron chi connectivity index (χ3n) is 4.97. The van der Waals surface area contributed by atoms with Gasteiger partial charge in [0.15, 0.2) is 0 Å². The van der Waals surface area contributed by atoms with E-state index in [2.05, 4.69) is 4.72 Å². The first-order valence-electron chi connectivity index (χ1n) is 8.90. The highest BCUT2D eigenvalue weighted by Gasteiger charge is 2.37. The fraction of sp³-hybridized carbons (Fsp3) is 0.316. The van der Waals surface area contributed by atoms with Gasteiger partial charge in [-0.3, -0.25) is 9.52 Å². The van der Waals surface area contributed by atoms with Crippen molar-refractivity contribution < 1.29 is 26.4 Å². The van der Waals surface area contributed by atoms with Gasteiger partial charge >= 0.3 is 6.18 Å². The predicted octanol–water partition coefficient (Wildman–Crippen LogP) is 4.46. The predicted molar refractivity (Wildman–Crippen MR) is 102 cm³/mol. The first-order valence-corrected chi connectivity index (χ1v) is 10.8. The lowest BCUT2D eigenvalue weighted by Gasteiger charge is -2.17. The van der Waals surface area contributed by atoms with Crippen LogP contribution >= 0.6 is 11.6 Å². The first kappa shape index (κ1) is 20.0. The molecule has 1 aliphatic carbocycles. The Balaban J connectivity index is 1.60. The van der Waals surface area contributed by atoms with Crippen molar-refractivity contribution in [2.75, 3.05) is 16.2 Å². The second kappa shape index (κ2) is 6.91. The number of nitrogens with zero attached hydrogens (tertiary/aromatic N) is 1. The van der Waals surface area contributed by atoms with Crippen LogP contribution in [0.4, 0.5) is 24.5 Å². The van der Waals surface area contributed by atoms with Gasteiger partial charge in [-0.25, -0.2) is 8.42 Å². The molecule has 0 spiro atoms. The van der Waals surface area contributed by atoms with Crippen molar-refractivity contribution in [3.63, 3.8) is 0 Å². The van der Waals surface area contributed by atoms with Crippen LogP contribution < -0.4 is 9.62 Å². The SMILES string of the molecule is O=C(C1CC1)N1CCc2cc(S(=O)(=O)Nc3ccc(Cl)c(C(F)(F)F)c3)ccc21. The second-order valence-electron chi connectivity index (χ2n) is 7.10. The molecule has 2 aromatic rings. The molecule has 0 unspecified atom stereocenters. The summed E-state index contributed by atoms with van der Waals surface area (Å²) in [5.74, 6) is 0.108. The molecule has 1 N–H and O–H groups in total. The fourth-order valence-corrected chi connectivity index (χ4v) is 4.67. The van der Waals surface area contributed by atoms with Crippen LogP contribution in [0.2, 0.25) is 5.02 Å². The maximum absolute atomic E-state index is 13.0. The van der Waals surface area contributed by atoms with Gasteiger partial charge in [0.05, 0.1) is 15.5 Å². The van der Waals surface area contributed by atoms with Crippen LogP contribution in [-0.2, 0) is 27.4 Å². The first-order chi connectivity index (χ1) is 13.6. The number of rotatable bonds is 4. The van der Waals surface area contributed by atoms with E-state index < -0.39 is 26.8 Å². The Labute approximate surface area is 170 Å². The van der Waals surface area contributed by atoms with Gasteiger partial charge in [-0.2, -0.15) is 13.2 Å². The molecule has 1 aliphatic heterocycles. The Hall–Kier alpha value is -2.26. The molecular weight excluding hydrogens is 429 g/mol. The van der Waals surface area contributed by atoms with Gasteiger partial charge in [0.25, 0.3) is 10.0 Å². The maximum atomic E-state index is 13.0. The highest BCUT2D eigenvalue weighted by molar-refractivity contribution is 7.92. The number of hydrogen-bond acceptors (Lipinski definition) is 3. The zero-order valence-electron chi connectivity index (χ0n) is 15.0. The Morgan fingerprint density at radius 1 is 1.14 bits per heavy atom. The number of carbonyl (C=O) groups excluding carboxylic acids is 1. The van der Waals surface area contributed by atoms with Gasteiger partial charge in [0, 0.05) is 23.8 Å². The second-order valence-corrected chi connectivity index (χ2v) is 9.19. The molecule has 5 nitrogen and oxygen atoms in total. The molecule has 154 valence electrons. The minimum atomic E-state index is -4.70. The van der Waals surface area contributed by atoms with Crippen LogP contribution in [0.3, 0.4) is 0 Å². The van der Waals surface area contributed by atoms with Crippen molar-refractivity contribution in [2.45, 2.75) is 30.3 Å². The molecule has 1 amide bonds. The van der Waals surface area contributed by atoms with E-state index in [0.29, 0.717) is 30.3 Å². The van der Waals surface area contributed by atoms with Crippen molar-refractivity contribution in [2.24, 2.45) is 5.92 Å². The van der Waals surface area contributed by atoms with E-state index in [4.69, 9.17) is 11.6 Å². The van der Waals surface area contributed by atoms with E-state index in [1.54, 1.807) is 11.0 Å². The lowest BCUT2D eigenvalue weighted by Crippen LogP contribution is -2.30. The molecule has 0 bridgehead atoms. The summed E-state index contributed by atoms with van der Waals surface area (Å²) in [6, 6.07) is 7.19. The van der Waals surface area contributed by atoms with Crippen molar-refractivity contribution >= 4 is 38.9 Å². The molecule has 0 aromatic heterocycles. The zero-order chi connectivity index (χ0) is 21.0. The average molecular weight is 445 g/mol. The maximum Gasteiger partial charge on any atom is 0.417 e. The number of halogens is 4. The summed E-state index contributed by atoms with van der Waals surface area (Å²) in [6.45, 7) is 0.494. The fourth-order valence-electron chi connectivity index (χ4n) is 3.34. The molecule has 0 radical (unpaired) electrons. The third-order valence-corrected chi connectivity index (χ3v) is 6.68. The largest absolute Gasteiger partial charge is 0.417 e. The van der Waals surface area contributed by atoms with E-state index in [1.165, 1.54) is 18.2 Å². The van der Waals surface area contributed by atoms with Gasteiger partial charge < -0.3 is 4.90 Å². The Kier molecular flexibility index (Phi) is 4.77. The summed E-state index contributed by atoms with van der Waals surface area (Å²) in [7, 11) is -4.12. The number of sulfonamides is 1. The summed E-state index contributed by atoms with van der Waals surface area (Å²) in [6.07, 6.45) is -2.43. The van der Waals surface area contributed by atoms with Crippen molar-refractivity contribution in [1.29, 1.82) is 0 Å². The van der Waals surface area contributed by atoms with Crippen LogP contribution in [0.25, 0.3) is 0 Å². The van der Waals surface area contributed by atoms with Gasteiger partial charge in [-0.05, 0) is 61.2 Å². The van der Waals surface area contributed by atoms with E-state index >= 15 is 0 Å². The van der Waals surface area contributed by atoms with Crippen LogP contribution in [0.15, 0.2) is 41.3 Å². The number of carbonyl (C=O) groups is 1. The molecule has 0 saturated heterocycles. The number of anilines is 2. The quantitative estimate of drug-likeness (QED) is 0.757. The van der Waals surface area contributed by atoms with Crippen LogP contribution in [-0.4, -0.2) is 20.9 Å². The molecule has 2 aromatic carbocycles. The van der Waals surface area contributed by atoms with Gasteiger partial charge in [-0.1, -0.05) is 11.6 Å². The summed E-state index contributed by atoms with van der Waals surface area (Å²) in [5, 5.41) is -0.515. The molecule has 2 aliphatic rings. The topological polar surface area (TPSA) is 66.5 Å². The minimum Gasteiger partial charge on any atom is -0.312 e. The smallest absolute Gasteiger partial charge is 0.312 e. The highest BCUT2D eigenvalue weighted by atomic mass is 35.5. The summed E-state index contributed by atoms with van der Waals surface area (Å²) >= 11 is 5.57. The third kappa shape index (κ3) is 3.93. The molecule has 10 heteroatoms. The number of nitrogens with one attached hydrogen (secondary N) is 1. The van der Waals surface area contributed by atoms with E-state index in [1.807, 2.05) is 0 Å². The van der Waals surface area contributed by atoms with Crippen molar-refractivity contribution in [1.82, 2.24) is 0 Å². The Morgan fingerprint density at radius 2 is 1.86 bits per heavy atom. The molecule has 4 rings (SSSR count). The van der Waals surface area contributed by atoms with Crippen molar-refractivity contribution in [3.8, 4) is 0 Å². The number of fused-ring (bicyclic) bond motifs is 1. The molecular formula is C19H16ClF3N2O3S. The minimum absolute atomic E-state index is 0.0540. The standard InChI is InChI=1S/C19H16ClF3N2O3S/c20-16-5-3-13(10-15(16)19(21,22)23)24-29(27,28)14-4-6-17-12(9-14)7-8-25(17)18(26)11-1-2-11/h3-6,9-11,24H,1-2,7-8H2. The zero-order valence-corrected chi connectivity index (χ0v) is 16.5. The van der Waals surface area contributed by atoms with Crippen LogP contribution in [0.1, 0.15) is 24.0 Å². The summed E-state index contributed by atoms with van der Waals surface area (Å²) in [4.78, 5) is 13.9. The lowest BCUT2D eigenvalue weighted by molar-refractivity contribution is -0.137. The Morgan fingerprint density at radius 3 is 2.52 bits per heavy atom. The molecule has 1 heterocycles. The summed E-state index contributed by atoms with van der Waals surface area (Å²) in [5.41, 5.74) is 0.0379. The normalized spacial score (nSPS) is 16.6. The number of benzene rings is 2. The van der Waals surface area contributed by atoms with Gasteiger partial charge in [0.1, 0.15) is 0 Å². The van der Waals surface area contributed by atoms with E-state index in [-0.39, 0.29) is 22.4 Å². The highest BCUT2D eigenvalue weighted by Crippen LogP contribution is 2.38. The number of alkyl halides is 3. The summed E-state index contributed by atoms with van der Waals surface area (Å²) < 4.78 is 66.5. The lowest BCUT2D eigenvalue weighted by atomic mass is 10.2. The monoisotopic (exact) mass is 444 g/mol. The Bertz CT molecular complexity index is 1100. The molecule has 1 fully saturated rings. The molecule has 29 heavy (non-hydrogen) atoms. The number of hydrogen-bond donors (Lipinski definition) is 1. The van der Waals surface area contributed by atoms with E-state index in [9.17, 15) is 26.4 Å². The number of amides is 1. The molecule has 0 atom stereocenters. The van der Waals surface area contributed by atoms with E-state index in [0.717, 1.165) is 18.9 Å². The van der Waals surface area contributed by atoms with Crippen LogP contribution in [0.5, 0.6) is 0 Å². The van der Waals surface area contributed by atoms with Crippen molar-refractivity contribution in [3.05, 3.63) is 52.5 Å².